The molecule has 3 heteroatoms. The van der Waals surface area contributed by atoms with Crippen LogP contribution in [-0.4, -0.2) is 11.5 Å². The molecule has 0 fully saturated rings. The Bertz CT molecular complexity index is 520. The lowest BCUT2D eigenvalue weighted by Crippen LogP contribution is -2.24. The Balaban J connectivity index is 2.14. The molecule has 0 saturated carbocycles. The van der Waals surface area contributed by atoms with E-state index < -0.39 is 0 Å². The number of hydrogen-bond acceptors (Lipinski definition) is 2. The molecule has 20 heavy (non-hydrogen) atoms. The summed E-state index contributed by atoms with van der Waals surface area (Å²) in [7, 11) is 0. The van der Waals surface area contributed by atoms with Gasteiger partial charge in [0.25, 0.3) is 0 Å². The molecule has 0 bridgehead atoms. The number of nitrogens with zero attached hydrogens (tertiary/aromatic N) is 1. The molecule has 1 atom stereocenters. The van der Waals surface area contributed by atoms with Gasteiger partial charge in [0.1, 0.15) is 0 Å². The number of aryl methyl sites for hydroxylation is 1. The predicted molar refractivity (Wildman–Crippen MR) is 92.9 cm³/mol. The smallest absolute Gasteiger partial charge is 0.0422 e. The van der Waals surface area contributed by atoms with Crippen molar-refractivity contribution in [3.8, 4) is 0 Å². The van der Waals surface area contributed by atoms with Crippen LogP contribution >= 0.6 is 22.6 Å². The van der Waals surface area contributed by atoms with Gasteiger partial charge in [-0.3, -0.25) is 4.98 Å². The number of hydrogen-bond donors (Lipinski definition) is 1. The molecule has 0 saturated heterocycles. The van der Waals surface area contributed by atoms with Crippen LogP contribution in [0.2, 0.25) is 0 Å². The zero-order chi connectivity index (χ0) is 14.4. The van der Waals surface area contributed by atoms with Gasteiger partial charge in [-0.15, -0.1) is 0 Å². The van der Waals surface area contributed by atoms with Crippen LogP contribution in [0.1, 0.15) is 36.2 Å². The molecule has 2 nitrogen and oxygen atoms in total. The lowest BCUT2D eigenvalue weighted by molar-refractivity contribution is 0.524. The van der Waals surface area contributed by atoms with E-state index in [-0.39, 0.29) is 0 Å². The Kier molecular flexibility index (Phi) is 5.98. The van der Waals surface area contributed by atoms with Gasteiger partial charge in [0.15, 0.2) is 0 Å². The molecule has 1 heterocycles. The van der Waals surface area contributed by atoms with Gasteiger partial charge < -0.3 is 5.32 Å². The maximum absolute atomic E-state index is 4.53. The molecule has 0 aliphatic carbocycles. The van der Waals surface area contributed by atoms with E-state index in [1.807, 2.05) is 6.20 Å². The normalized spacial score (nSPS) is 12.3. The third-order valence-electron chi connectivity index (χ3n) is 3.30. The molecule has 0 radical (unpaired) electrons. The number of aromatic nitrogens is 1. The Morgan fingerprint density at radius 3 is 2.50 bits per heavy atom. The second kappa shape index (κ2) is 7.74. The fraction of sp³-hybridized carbons (Fsp3) is 0.353. The largest absolute Gasteiger partial charge is 0.310 e. The first kappa shape index (κ1) is 15.4. The van der Waals surface area contributed by atoms with E-state index in [1.54, 1.807) is 0 Å². The molecule has 2 aromatic rings. The number of pyridine rings is 1. The van der Waals surface area contributed by atoms with Crippen molar-refractivity contribution in [3.05, 3.63) is 63.0 Å². The van der Waals surface area contributed by atoms with Gasteiger partial charge in [-0.05, 0) is 71.8 Å². The second-order valence-electron chi connectivity index (χ2n) is 5.09. The first-order valence-corrected chi connectivity index (χ1v) is 8.17. The van der Waals surface area contributed by atoms with E-state index in [9.17, 15) is 0 Å². The number of rotatable bonds is 6. The maximum Gasteiger partial charge on any atom is 0.0422 e. The number of nitrogens with one attached hydrogen (secondary N) is 1. The molecule has 0 aliphatic heterocycles. The highest BCUT2D eigenvalue weighted by molar-refractivity contribution is 14.1. The quantitative estimate of drug-likeness (QED) is 0.757. The molecule has 0 aliphatic rings. The van der Waals surface area contributed by atoms with Crippen molar-refractivity contribution in [2.24, 2.45) is 0 Å². The fourth-order valence-corrected chi connectivity index (χ4v) is 2.51. The van der Waals surface area contributed by atoms with Gasteiger partial charge in [-0.25, -0.2) is 0 Å². The van der Waals surface area contributed by atoms with Crippen LogP contribution in [0.15, 0.2) is 42.6 Å². The molecule has 1 aromatic heterocycles. The third kappa shape index (κ3) is 4.56. The molecule has 106 valence electrons. The van der Waals surface area contributed by atoms with Gasteiger partial charge in [0.2, 0.25) is 0 Å². The maximum atomic E-state index is 4.53. The van der Waals surface area contributed by atoms with Crippen molar-refractivity contribution >= 4 is 22.6 Å². The highest BCUT2D eigenvalue weighted by atomic mass is 127. The average Bonchev–Trinajstić information content (AvgIpc) is 2.46. The molecular weight excluding hydrogens is 359 g/mol. The summed E-state index contributed by atoms with van der Waals surface area (Å²) in [5.74, 6) is 0. The van der Waals surface area contributed by atoms with Gasteiger partial charge in [0.05, 0.1) is 0 Å². The fourth-order valence-electron chi connectivity index (χ4n) is 2.15. The molecule has 2 rings (SSSR count). The first-order valence-electron chi connectivity index (χ1n) is 7.09. The summed E-state index contributed by atoms with van der Waals surface area (Å²) in [6, 6.07) is 13.3. The van der Waals surface area contributed by atoms with Crippen LogP contribution in [0.3, 0.4) is 0 Å². The summed E-state index contributed by atoms with van der Waals surface area (Å²) in [5.41, 5.74) is 3.69. The lowest BCUT2D eigenvalue weighted by Gasteiger charge is -2.19. The van der Waals surface area contributed by atoms with Crippen LogP contribution in [0.25, 0.3) is 0 Å². The minimum atomic E-state index is 0.335. The summed E-state index contributed by atoms with van der Waals surface area (Å²) in [4.78, 5) is 4.53. The molecule has 1 aromatic carbocycles. The SMILES string of the molecule is CCCNC(Cc1ccc(C)cn1)c1ccc(I)cc1. The minimum Gasteiger partial charge on any atom is -0.310 e. The lowest BCUT2D eigenvalue weighted by atomic mass is 10.0. The van der Waals surface area contributed by atoms with E-state index in [4.69, 9.17) is 0 Å². The van der Waals surface area contributed by atoms with Crippen LogP contribution in [0, 0.1) is 10.5 Å². The Hall–Kier alpha value is -0.940. The van der Waals surface area contributed by atoms with E-state index >= 15 is 0 Å². The Morgan fingerprint density at radius 2 is 1.90 bits per heavy atom. The van der Waals surface area contributed by atoms with Crippen LogP contribution in [-0.2, 0) is 6.42 Å². The highest BCUT2D eigenvalue weighted by Crippen LogP contribution is 2.19. The highest BCUT2D eigenvalue weighted by Gasteiger charge is 2.12. The Labute approximate surface area is 135 Å². The molecule has 0 amide bonds. The zero-order valence-electron chi connectivity index (χ0n) is 12.1. The van der Waals surface area contributed by atoms with Gasteiger partial charge in [-0.2, -0.15) is 0 Å². The molecule has 1 unspecified atom stereocenters. The van der Waals surface area contributed by atoms with Gasteiger partial charge in [-0.1, -0.05) is 25.1 Å². The minimum absolute atomic E-state index is 0.335. The monoisotopic (exact) mass is 380 g/mol. The van der Waals surface area contributed by atoms with Gasteiger partial charge >= 0.3 is 0 Å². The van der Waals surface area contributed by atoms with Crippen LogP contribution in [0.5, 0.6) is 0 Å². The van der Waals surface area contributed by atoms with Crippen molar-refractivity contribution < 1.29 is 0 Å². The molecule has 0 spiro atoms. The summed E-state index contributed by atoms with van der Waals surface area (Å²) in [6.45, 7) is 5.30. The predicted octanol–water partition coefficient (Wildman–Crippen LogP) is 4.28. The topological polar surface area (TPSA) is 24.9 Å². The Morgan fingerprint density at radius 1 is 1.15 bits per heavy atom. The molecule has 1 N–H and O–H groups in total. The van der Waals surface area contributed by atoms with Crippen molar-refractivity contribution in [2.75, 3.05) is 6.54 Å². The number of halogens is 1. The van der Waals surface area contributed by atoms with E-state index in [0.717, 1.165) is 25.1 Å². The van der Waals surface area contributed by atoms with Crippen molar-refractivity contribution in [2.45, 2.75) is 32.7 Å². The van der Waals surface area contributed by atoms with Crippen LogP contribution in [0.4, 0.5) is 0 Å². The van der Waals surface area contributed by atoms with Gasteiger partial charge in [0, 0.05) is 27.9 Å². The van der Waals surface area contributed by atoms with Crippen molar-refractivity contribution in [3.63, 3.8) is 0 Å². The first-order chi connectivity index (χ1) is 9.69. The zero-order valence-corrected chi connectivity index (χ0v) is 14.2. The summed E-state index contributed by atoms with van der Waals surface area (Å²) < 4.78 is 1.27. The summed E-state index contributed by atoms with van der Waals surface area (Å²) in [5, 5.41) is 3.63. The van der Waals surface area contributed by atoms with Crippen molar-refractivity contribution in [1.82, 2.24) is 10.3 Å². The summed E-state index contributed by atoms with van der Waals surface area (Å²) >= 11 is 2.34. The van der Waals surface area contributed by atoms with E-state index in [2.05, 4.69) is 83.1 Å². The van der Waals surface area contributed by atoms with E-state index in [1.165, 1.54) is 14.7 Å². The summed E-state index contributed by atoms with van der Waals surface area (Å²) in [6.07, 6.45) is 4.02. The standard InChI is InChI=1S/C17H21IN2/c1-3-10-19-17(14-5-7-15(18)8-6-14)11-16-9-4-13(2)12-20-16/h4-9,12,17,19H,3,10-11H2,1-2H3. The van der Waals surface area contributed by atoms with Crippen LogP contribution < -0.4 is 5.32 Å². The third-order valence-corrected chi connectivity index (χ3v) is 4.02. The number of benzene rings is 1. The van der Waals surface area contributed by atoms with E-state index in [0.29, 0.717) is 6.04 Å². The second-order valence-corrected chi connectivity index (χ2v) is 6.33. The van der Waals surface area contributed by atoms with Crippen molar-refractivity contribution in [1.29, 1.82) is 0 Å². The average molecular weight is 380 g/mol. The molecular formula is C17H21IN2.